The maximum atomic E-state index is 12.7. The highest BCUT2D eigenvalue weighted by Crippen LogP contribution is 2.24. The number of sulfonamides is 1. The predicted molar refractivity (Wildman–Crippen MR) is 96.3 cm³/mol. The summed E-state index contributed by atoms with van der Waals surface area (Å²) in [5.74, 6) is 0.840. The Morgan fingerprint density at radius 3 is 2.54 bits per heavy atom. The van der Waals surface area contributed by atoms with Crippen molar-refractivity contribution in [2.24, 2.45) is 11.8 Å². The van der Waals surface area contributed by atoms with E-state index in [-0.39, 0.29) is 10.8 Å². The van der Waals surface area contributed by atoms with Crippen LogP contribution in [0, 0.1) is 11.8 Å². The monoisotopic (exact) mass is 352 g/mol. The van der Waals surface area contributed by atoms with Crippen LogP contribution < -0.4 is 5.32 Å². The molecule has 6 heteroatoms. The van der Waals surface area contributed by atoms with Crippen LogP contribution in [0.3, 0.4) is 0 Å². The zero-order valence-electron chi connectivity index (χ0n) is 14.8. The highest BCUT2D eigenvalue weighted by molar-refractivity contribution is 7.89. The quantitative estimate of drug-likeness (QED) is 0.852. The molecule has 0 radical (unpaired) electrons. The van der Waals surface area contributed by atoms with Gasteiger partial charge in [-0.25, -0.2) is 8.42 Å². The standard InChI is InChI=1S/C18H28N2O3S/c1-14(2)6-11-18(21)19-16-7-9-17(10-8-16)24(22,23)20-12-4-5-15(3)13-20/h7-10,14-15H,4-6,11-13H2,1-3H3,(H,19,21). The minimum Gasteiger partial charge on any atom is -0.326 e. The highest BCUT2D eigenvalue weighted by Gasteiger charge is 2.28. The molecule has 134 valence electrons. The van der Waals surface area contributed by atoms with Gasteiger partial charge in [-0.1, -0.05) is 20.8 Å². The zero-order valence-corrected chi connectivity index (χ0v) is 15.6. The van der Waals surface area contributed by atoms with E-state index in [0.717, 1.165) is 19.3 Å². The number of hydrogen-bond donors (Lipinski definition) is 1. The summed E-state index contributed by atoms with van der Waals surface area (Å²) in [6.07, 6.45) is 3.30. The van der Waals surface area contributed by atoms with Crippen LogP contribution in [-0.2, 0) is 14.8 Å². The Hall–Kier alpha value is -1.40. The molecule has 1 N–H and O–H groups in total. The van der Waals surface area contributed by atoms with E-state index in [2.05, 4.69) is 26.1 Å². The van der Waals surface area contributed by atoms with Crippen LogP contribution in [-0.4, -0.2) is 31.7 Å². The molecule has 1 amide bonds. The van der Waals surface area contributed by atoms with Crippen molar-refractivity contribution in [2.45, 2.75) is 51.3 Å². The number of nitrogens with one attached hydrogen (secondary N) is 1. The summed E-state index contributed by atoms with van der Waals surface area (Å²) in [6.45, 7) is 7.40. The lowest BCUT2D eigenvalue weighted by Gasteiger charge is -2.30. The number of nitrogens with zero attached hydrogens (tertiary/aromatic N) is 1. The Kier molecular flexibility index (Phi) is 6.40. The predicted octanol–water partition coefficient (Wildman–Crippen LogP) is 3.48. The zero-order chi connectivity index (χ0) is 17.7. The van der Waals surface area contributed by atoms with Gasteiger partial charge in [0.15, 0.2) is 0 Å². The van der Waals surface area contributed by atoms with Gasteiger partial charge in [0.1, 0.15) is 0 Å². The molecule has 0 saturated carbocycles. The maximum Gasteiger partial charge on any atom is 0.243 e. The van der Waals surface area contributed by atoms with Gasteiger partial charge in [0.05, 0.1) is 4.90 Å². The van der Waals surface area contributed by atoms with Crippen molar-refractivity contribution in [1.29, 1.82) is 0 Å². The molecule has 1 aromatic carbocycles. The molecule has 1 saturated heterocycles. The fraction of sp³-hybridized carbons (Fsp3) is 0.611. The molecule has 1 atom stereocenters. The van der Waals surface area contributed by atoms with E-state index < -0.39 is 10.0 Å². The average molecular weight is 353 g/mol. The SMILES string of the molecule is CC(C)CCC(=O)Nc1ccc(S(=O)(=O)N2CCCC(C)C2)cc1. The van der Waals surface area contributed by atoms with E-state index >= 15 is 0 Å². The van der Waals surface area contributed by atoms with Crippen molar-refractivity contribution < 1.29 is 13.2 Å². The summed E-state index contributed by atoms with van der Waals surface area (Å²) < 4.78 is 26.9. The lowest BCUT2D eigenvalue weighted by Crippen LogP contribution is -2.39. The summed E-state index contributed by atoms with van der Waals surface area (Å²) in [6, 6.07) is 6.47. The van der Waals surface area contributed by atoms with Crippen LogP contribution in [0.5, 0.6) is 0 Å². The Morgan fingerprint density at radius 1 is 1.29 bits per heavy atom. The summed E-state index contributed by atoms with van der Waals surface area (Å²) in [5, 5.41) is 2.82. The summed E-state index contributed by atoms with van der Waals surface area (Å²) in [7, 11) is -3.44. The van der Waals surface area contributed by atoms with Crippen LogP contribution in [0.1, 0.15) is 46.5 Å². The van der Waals surface area contributed by atoms with E-state index in [0.29, 0.717) is 37.0 Å². The fourth-order valence-corrected chi connectivity index (χ4v) is 4.47. The summed E-state index contributed by atoms with van der Waals surface area (Å²) in [4.78, 5) is 12.1. The lowest BCUT2D eigenvalue weighted by atomic mass is 10.0. The Labute approximate surface area is 145 Å². The van der Waals surface area contributed by atoms with Gasteiger partial charge in [-0.2, -0.15) is 4.31 Å². The summed E-state index contributed by atoms with van der Waals surface area (Å²) >= 11 is 0. The molecule has 24 heavy (non-hydrogen) atoms. The van der Waals surface area contributed by atoms with Crippen LogP contribution >= 0.6 is 0 Å². The van der Waals surface area contributed by atoms with E-state index in [1.807, 2.05) is 0 Å². The van der Waals surface area contributed by atoms with Gasteiger partial charge in [-0.15, -0.1) is 0 Å². The van der Waals surface area contributed by atoms with Gasteiger partial charge in [0.25, 0.3) is 0 Å². The minimum absolute atomic E-state index is 0.0378. The second kappa shape index (κ2) is 8.12. The van der Waals surface area contributed by atoms with Gasteiger partial charge in [-0.05, 0) is 55.4 Å². The topological polar surface area (TPSA) is 66.5 Å². The van der Waals surface area contributed by atoms with Crippen molar-refractivity contribution in [2.75, 3.05) is 18.4 Å². The van der Waals surface area contributed by atoms with E-state index in [1.54, 1.807) is 28.6 Å². The van der Waals surface area contributed by atoms with Gasteiger partial charge in [0, 0.05) is 25.2 Å². The molecule has 1 unspecified atom stereocenters. The Balaban J connectivity index is 2.01. The molecule has 1 aliphatic rings. The first-order valence-electron chi connectivity index (χ1n) is 8.69. The van der Waals surface area contributed by atoms with Crippen LogP contribution in [0.2, 0.25) is 0 Å². The van der Waals surface area contributed by atoms with Crippen molar-refractivity contribution in [3.8, 4) is 0 Å². The molecule has 0 aromatic heterocycles. The van der Waals surface area contributed by atoms with Crippen molar-refractivity contribution in [3.05, 3.63) is 24.3 Å². The van der Waals surface area contributed by atoms with E-state index in [1.165, 1.54) is 0 Å². The lowest BCUT2D eigenvalue weighted by molar-refractivity contribution is -0.116. The Bertz CT molecular complexity index is 653. The maximum absolute atomic E-state index is 12.7. The molecule has 0 bridgehead atoms. The number of piperidine rings is 1. The average Bonchev–Trinajstić information content (AvgIpc) is 2.53. The van der Waals surface area contributed by atoms with E-state index in [4.69, 9.17) is 0 Å². The molecule has 1 aliphatic heterocycles. The molecule has 2 rings (SSSR count). The number of anilines is 1. The third-order valence-corrected chi connectivity index (χ3v) is 6.22. The molecular weight excluding hydrogens is 324 g/mol. The molecular formula is C18H28N2O3S. The van der Waals surface area contributed by atoms with Gasteiger partial charge < -0.3 is 5.32 Å². The van der Waals surface area contributed by atoms with E-state index in [9.17, 15) is 13.2 Å². The fourth-order valence-electron chi connectivity index (χ4n) is 2.87. The highest BCUT2D eigenvalue weighted by atomic mass is 32.2. The first-order valence-corrected chi connectivity index (χ1v) is 10.1. The second-order valence-corrected chi connectivity index (χ2v) is 9.05. The van der Waals surface area contributed by atoms with Gasteiger partial charge in [-0.3, -0.25) is 4.79 Å². The van der Waals surface area contributed by atoms with Crippen molar-refractivity contribution >= 4 is 21.6 Å². The van der Waals surface area contributed by atoms with Crippen molar-refractivity contribution in [1.82, 2.24) is 4.31 Å². The van der Waals surface area contributed by atoms with Gasteiger partial charge in [0.2, 0.25) is 15.9 Å². The van der Waals surface area contributed by atoms with Crippen LogP contribution in [0.4, 0.5) is 5.69 Å². The van der Waals surface area contributed by atoms with Gasteiger partial charge >= 0.3 is 0 Å². The number of carbonyl (C=O) groups is 1. The van der Waals surface area contributed by atoms with Crippen LogP contribution in [0.15, 0.2) is 29.2 Å². The number of hydrogen-bond acceptors (Lipinski definition) is 3. The first-order chi connectivity index (χ1) is 11.3. The molecule has 5 nitrogen and oxygen atoms in total. The van der Waals surface area contributed by atoms with Crippen LogP contribution in [0.25, 0.3) is 0 Å². The largest absolute Gasteiger partial charge is 0.326 e. The third-order valence-electron chi connectivity index (χ3n) is 4.34. The second-order valence-electron chi connectivity index (χ2n) is 7.12. The van der Waals surface area contributed by atoms with Crippen molar-refractivity contribution in [3.63, 3.8) is 0 Å². The third kappa shape index (κ3) is 5.05. The number of amides is 1. The first kappa shape index (κ1) is 18.9. The summed E-state index contributed by atoms with van der Waals surface area (Å²) in [5.41, 5.74) is 0.634. The minimum atomic E-state index is -3.44. The molecule has 0 spiro atoms. The molecule has 1 fully saturated rings. The molecule has 1 aromatic rings. The molecule has 1 heterocycles. The number of benzene rings is 1. The smallest absolute Gasteiger partial charge is 0.243 e. The number of carbonyl (C=O) groups excluding carboxylic acids is 1. The normalized spacial score (nSPS) is 19.4. The molecule has 0 aliphatic carbocycles. The Morgan fingerprint density at radius 2 is 1.96 bits per heavy atom. The number of rotatable bonds is 6.